The second-order valence-electron chi connectivity index (χ2n) is 6.41. The maximum atomic E-state index is 12.2. The Balaban J connectivity index is 1.88. The van der Waals surface area contributed by atoms with Gasteiger partial charge in [0.2, 0.25) is 17.7 Å². The highest BCUT2D eigenvalue weighted by atomic mass is 32.1. The molecule has 0 aliphatic rings. The molecule has 1 atom stereocenters. The van der Waals surface area contributed by atoms with Crippen molar-refractivity contribution in [3.8, 4) is 10.4 Å². The zero-order valence-electron chi connectivity index (χ0n) is 15.7. The lowest BCUT2D eigenvalue weighted by atomic mass is 10.1. The summed E-state index contributed by atoms with van der Waals surface area (Å²) in [7, 11) is 0. The number of carbonyl (C=O) groups is 4. The highest BCUT2D eigenvalue weighted by Crippen LogP contribution is 2.24. The quantitative estimate of drug-likeness (QED) is 0.436. The average Bonchev–Trinajstić information content (AvgIpc) is 3.22. The van der Waals surface area contributed by atoms with Crippen LogP contribution in [0.4, 0.5) is 0 Å². The van der Waals surface area contributed by atoms with Gasteiger partial charge in [-0.3, -0.25) is 19.2 Å². The van der Waals surface area contributed by atoms with Crippen LogP contribution in [0.25, 0.3) is 10.4 Å². The first-order chi connectivity index (χ1) is 13.8. The molecule has 1 unspecified atom stereocenters. The average molecular weight is 417 g/mol. The van der Waals surface area contributed by atoms with Gasteiger partial charge in [-0.1, -0.05) is 30.3 Å². The minimum absolute atomic E-state index is 0.0822. The van der Waals surface area contributed by atoms with Gasteiger partial charge in [-0.05, 0) is 35.4 Å². The number of rotatable bonds is 11. The van der Waals surface area contributed by atoms with E-state index in [9.17, 15) is 19.2 Å². The molecule has 1 aromatic carbocycles. The monoisotopic (exact) mass is 417 g/mol. The molecular formula is C20H23N3O5S. The van der Waals surface area contributed by atoms with Gasteiger partial charge < -0.3 is 21.5 Å². The fourth-order valence-corrected chi connectivity index (χ4v) is 3.37. The van der Waals surface area contributed by atoms with Crippen LogP contribution in [0.15, 0.2) is 41.8 Å². The summed E-state index contributed by atoms with van der Waals surface area (Å²) < 4.78 is 0. The predicted octanol–water partition coefficient (Wildman–Crippen LogP) is 1.30. The molecule has 0 saturated heterocycles. The van der Waals surface area contributed by atoms with Gasteiger partial charge in [0.15, 0.2) is 0 Å². The number of hydrogen-bond donors (Lipinski definition) is 4. The molecule has 2 aromatic rings. The third-order valence-electron chi connectivity index (χ3n) is 4.14. The Hall–Kier alpha value is -3.20. The van der Waals surface area contributed by atoms with E-state index in [2.05, 4.69) is 10.6 Å². The Morgan fingerprint density at radius 1 is 1.07 bits per heavy atom. The van der Waals surface area contributed by atoms with Crippen molar-refractivity contribution in [3.05, 3.63) is 47.3 Å². The topological polar surface area (TPSA) is 139 Å². The van der Waals surface area contributed by atoms with Crippen molar-refractivity contribution in [1.82, 2.24) is 10.6 Å². The maximum absolute atomic E-state index is 12.2. The number of thiophene rings is 1. The second kappa shape index (κ2) is 11.0. The molecule has 0 aliphatic carbocycles. The fourth-order valence-electron chi connectivity index (χ4n) is 2.64. The molecule has 0 aliphatic heterocycles. The number of carbonyl (C=O) groups excluding carboxylic acids is 3. The van der Waals surface area contributed by atoms with Gasteiger partial charge in [-0.15, -0.1) is 11.3 Å². The van der Waals surface area contributed by atoms with Crippen molar-refractivity contribution in [2.75, 3.05) is 6.54 Å². The normalized spacial score (nSPS) is 11.4. The lowest BCUT2D eigenvalue weighted by molar-refractivity contribution is -0.138. The molecule has 1 aromatic heterocycles. The minimum atomic E-state index is -1.09. The number of hydrogen-bond acceptors (Lipinski definition) is 5. The highest BCUT2D eigenvalue weighted by Gasteiger charge is 2.21. The number of nitrogens with two attached hydrogens (primary N) is 1. The standard InChI is InChI=1S/C20H23N3O5S/c21-17(24)12-22-20(28)15(8-10-19(26)27)23-18(25)9-5-13-3-6-14(7-4-13)16-2-1-11-29-16/h1-4,6-7,11,15H,5,8-10,12H2,(H2,21,24)(H,22,28)(H,23,25)(H,26,27). The van der Waals surface area contributed by atoms with Gasteiger partial charge in [0.25, 0.3) is 0 Å². The van der Waals surface area contributed by atoms with Crippen LogP contribution in [-0.4, -0.2) is 41.4 Å². The summed E-state index contributed by atoms with van der Waals surface area (Å²) in [6, 6.07) is 10.9. The lowest BCUT2D eigenvalue weighted by Crippen LogP contribution is -2.48. The molecule has 0 bridgehead atoms. The fraction of sp³-hybridized carbons (Fsp3) is 0.300. The van der Waals surface area contributed by atoms with Gasteiger partial charge in [0, 0.05) is 17.7 Å². The number of aryl methyl sites for hydroxylation is 1. The largest absolute Gasteiger partial charge is 0.481 e. The van der Waals surface area contributed by atoms with Crippen LogP contribution in [-0.2, 0) is 25.6 Å². The number of primary amides is 1. The summed E-state index contributed by atoms with van der Waals surface area (Å²) in [6.07, 6.45) is 0.246. The van der Waals surface area contributed by atoms with Crippen LogP contribution in [0, 0.1) is 0 Å². The highest BCUT2D eigenvalue weighted by molar-refractivity contribution is 7.13. The van der Waals surface area contributed by atoms with E-state index in [0.29, 0.717) is 6.42 Å². The van der Waals surface area contributed by atoms with E-state index in [1.165, 1.54) is 0 Å². The molecule has 0 fully saturated rings. The van der Waals surface area contributed by atoms with E-state index in [-0.39, 0.29) is 31.7 Å². The Morgan fingerprint density at radius 2 is 1.79 bits per heavy atom. The summed E-state index contributed by atoms with van der Waals surface area (Å²) in [5.74, 6) is -2.83. The van der Waals surface area contributed by atoms with E-state index in [0.717, 1.165) is 16.0 Å². The summed E-state index contributed by atoms with van der Waals surface area (Å²) in [5, 5.41) is 15.6. The molecule has 5 N–H and O–H groups in total. The SMILES string of the molecule is NC(=O)CNC(=O)C(CCC(=O)O)NC(=O)CCc1ccc(-c2cccs2)cc1. The third kappa shape index (κ3) is 7.74. The van der Waals surface area contributed by atoms with Crippen molar-refractivity contribution in [2.24, 2.45) is 5.73 Å². The molecular weight excluding hydrogens is 394 g/mol. The van der Waals surface area contributed by atoms with Crippen LogP contribution >= 0.6 is 11.3 Å². The molecule has 8 nitrogen and oxygen atoms in total. The maximum Gasteiger partial charge on any atom is 0.303 e. The Labute approximate surface area is 172 Å². The van der Waals surface area contributed by atoms with E-state index < -0.39 is 23.8 Å². The Kier molecular flexibility index (Phi) is 8.35. The molecule has 0 saturated carbocycles. The molecule has 2 rings (SSSR count). The molecule has 0 radical (unpaired) electrons. The van der Waals surface area contributed by atoms with Crippen LogP contribution < -0.4 is 16.4 Å². The molecule has 9 heteroatoms. The van der Waals surface area contributed by atoms with Gasteiger partial charge in [-0.25, -0.2) is 0 Å². The van der Waals surface area contributed by atoms with Gasteiger partial charge in [0.05, 0.1) is 6.54 Å². The van der Waals surface area contributed by atoms with E-state index in [1.807, 2.05) is 41.8 Å². The minimum Gasteiger partial charge on any atom is -0.481 e. The van der Waals surface area contributed by atoms with Gasteiger partial charge in [-0.2, -0.15) is 0 Å². The summed E-state index contributed by atoms with van der Waals surface area (Å²) >= 11 is 1.65. The van der Waals surface area contributed by atoms with E-state index >= 15 is 0 Å². The van der Waals surface area contributed by atoms with Gasteiger partial charge in [0.1, 0.15) is 6.04 Å². The summed E-state index contributed by atoms with van der Waals surface area (Å²) in [4.78, 5) is 47.1. The molecule has 29 heavy (non-hydrogen) atoms. The van der Waals surface area contributed by atoms with Crippen LogP contribution in [0.5, 0.6) is 0 Å². The van der Waals surface area contributed by atoms with Crippen LogP contribution in [0.2, 0.25) is 0 Å². The summed E-state index contributed by atoms with van der Waals surface area (Å²) in [6.45, 7) is -0.380. The molecule has 1 heterocycles. The lowest BCUT2D eigenvalue weighted by Gasteiger charge is -2.17. The number of benzene rings is 1. The number of carboxylic acid groups (broad SMARTS) is 1. The zero-order valence-corrected chi connectivity index (χ0v) is 16.5. The Morgan fingerprint density at radius 3 is 2.38 bits per heavy atom. The van der Waals surface area contributed by atoms with Crippen molar-refractivity contribution in [1.29, 1.82) is 0 Å². The first-order valence-electron chi connectivity index (χ1n) is 9.05. The van der Waals surface area contributed by atoms with Crippen LogP contribution in [0.1, 0.15) is 24.8 Å². The first-order valence-corrected chi connectivity index (χ1v) is 9.93. The van der Waals surface area contributed by atoms with Crippen molar-refractivity contribution in [2.45, 2.75) is 31.7 Å². The Bertz CT molecular complexity index is 850. The molecule has 154 valence electrons. The first kappa shape index (κ1) is 22.1. The van der Waals surface area contributed by atoms with E-state index in [4.69, 9.17) is 10.8 Å². The van der Waals surface area contributed by atoms with Crippen molar-refractivity contribution < 1.29 is 24.3 Å². The predicted molar refractivity (Wildman–Crippen MR) is 109 cm³/mol. The van der Waals surface area contributed by atoms with Crippen LogP contribution in [0.3, 0.4) is 0 Å². The number of carboxylic acids is 1. The number of aliphatic carboxylic acids is 1. The number of amides is 3. The van der Waals surface area contributed by atoms with Gasteiger partial charge >= 0.3 is 5.97 Å². The van der Waals surface area contributed by atoms with Crippen molar-refractivity contribution in [3.63, 3.8) is 0 Å². The van der Waals surface area contributed by atoms with Crippen molar-refractivity contribution >= 4 is 35.0 Å². The third-order valence-corrected chi connectivity index (χ3v) is 5.05. The zero-order chi connectivity index (χ0) is 21.2. The number of nitrogens with one attached hydrogen (secondary N) is 2. The second-order valence-corrected chi connectivity index (χ2v) is 7.36. The molecule has 0 spiro atoms. The smallest absolute Gasteiger partial charge is 0.303 e. The summed E-state index contributed by atoms with van der Waals surface area (Å²) in [5.41, 5.74) is 7.06. The van der Waals surface area contributed by atoms with E-state index in [1.54, 1.807) is 11.3 Å². The molecule has 3 amide bonds.